The molecule has 0 aromatic heterocycles. The van der Waals surface area contributed by atoms with Gasteiger partial charge in [0, 0.05) is 63.3 Å². The Hall–Kier alpha value is -3.64. The van der Waals surface area contributed by atoms with Crippen molar-refractivity contribution in [3.05, 3.63) is 80.9 Å². The second-order valence-corrected chi connectivity index (χ2v) is 18.1. The van der Waals surface area contributed by atoms with Gasteiger partial charge >= 0.3 is 0 Å². The molecule has 3 heterocycles. The van der Waals surface area contributed by atoms with E-state index in [9.17, 15) is 10.1 Å². The fraction of sp³-hybridized carbons (Fsp3) is 0.600. The van der Waals surface area contributed by atoms with Crippen molar-refractivity contribution in [2.24, 2.45) is 11.3 Å². The van der Waals surface area contributed by atoms with Crippen LogP contribution >= 0.6 is 0 Å². The van der Waals surface area contributed by atoms with E-state index in [2.05, 4.69) is 92.8 Å². The predicted octanol–water partition coefficient (Wildman–Crippen LogP) is 7.67. The molecule has 2 aromatic rings. The zero-order valence-corrected chi connectivity index (χ0v) is 34.4. The second kappa shape index (κ2) is 14.9. The normalized spacial score (nSPS) is 24.0. The summed E-state index contributed by atoms with van der Waals surface area (Å²) < 4.78 is 12.2. The van der Waals surface area contributed by atoms with Crippen molar-refractivity contribution >= 4 is 5.91 Å². The zero-order valence-electron chi connectivity index (χ0n) is 34.4. The molecule has 2 aromatic carbocycles. The lowest BCUT2D eigenvalue weighted by Crippen LogP contribution is -2.54. The highest BCUT2D eigenvalue weighted by molar-refractivity contribution is 5.97. The molecule has 1 aliphatic carbocycles. The third-order valence-corrected chi connectivity index (χ3v) is 12.6. The molecule has 2 atom stereocenters. The second-order valence-electron chi connectivity index (χ2n) is 18.1. The molecular weight excluding hydrogens is 659 g/mol. The Morgan fingerprint density at radius 3 is 2.30 bits per heavy atom. The molecular formula is C45H63N5O3. The van der Waals surface area contributed by atoms with Gasteiger partial charge in [-0.15, -0.1) is 0 Å². The molecule has 0 bridgehead atoms. The van der Waals surface area contributed by atoms with Crippen LogP contribution in [0.3, 0.4) is 0 Å². The van der Waals surface area contributed by atoms with Crippen molar-refractivity contribution in [1.82, 2.24) is 19.6 Å². The number of methoxy groups -OCH3 is 2. The largest absolute Gasteiger partial charge is 0.496 e. The van der Waals surface area contributed by atoms with Crippen molar-refractivity contribution in [2.45, 2.75) is 105 Å². The number of carbonyl (C=O) groups is 1. The fourth-order valence-electron chi connectivity index (χ4n) is 9.60. The summed E-state index contributed by atoms with van der Waals surface area (Å²) >= 11 is 0. The van der Waals surface area contributed by atoms with Crippen LogP contribution in [0.2, 0.25) is 0 Å². The molecule has 0 radical (unpaired) electrons. The minimum absolute atomic E-state index is 0.0587. The number of hydrogen-bond acceptors (Lipinski definition) is 7. The fourth-order valence-corrected chi connectivity index (χ4v) is 9.60. The van der Waals surface area contributed by atoms with Crippen molar-refractivity contribution in [2.75, 3.05) is 60.5 Å². The smallest absolute Gasteiger partial charge is 0.264 e. The Morgan fingerprint density at radius 1 is 1.04 bits per heavy atom. The number of fused-ring (bicyclic) bond motifs is 1. The molecule has 2 unspecified atom stereocenters. The molecule has 8 nitrogen and oxygen atoms in total. The average Bonchev–Trinajstić information content (AvgIpc) is 3.88. The molecule has 3 aliphatic heterocycles. The monoisotopic (exact) mass is 721 g/mol. The van der Waals surface area contributed by atoms with Gasteiger partial charge < -0.3 is 19.3 Å². The number of carbonyl (C=O) groups excluding carboxylic acids is 1. The lowest BCUT2D eigenvalue weighted by Gasteiger charge is -2.44. The first-order chi connectivity index (χ1) is 25.0. The Kier molecular flexibility index (Phi) is 11.0. The van der Waals surface area contributed by atoms with Crippen molar-refractivity contribution in [3.63, 3.8) is 0 Å². The van der Waals surface area contributed by atoms with E-state index in [0.29, 0.717) is 6.54 Å². The Morgan fingerprint density at radius 2 is 1.72 bits per heavy atom. The maximum atomic E-state index is 13.8. The van der Waals surface area contributed by atoms with Crippen LogP contribution in [0.15, 0.2) is 53.1 Å². The van der Waals surface area contributed by atoms with Gasteiger partial charge in [-0.3, -0.25) is 14.6 Å². The van der Waals surface area contributed by atoms with Crippen LogP contribution in [0, 0.1) is 22.7 Å². The van der Waals surface area contributed by atoms with Gasteiger partial charge in [-0.05, 0) is 85.9 Å². The minimum atomic E-state index is -0.249. The molecule has 4 aliphatic rings. The van der Waals surface area contributed by atoms with Crippen LogP contribution < -0.4 is 9.47 Å². The summed E-state index contributed by atoms with van der Waals surface area (Å²) in [5, 5.41) is 9.95. The number of rotatable bonds is 9. The standard InChI is InChI=1S/C45H63N5O3/c1-30(2)41-37-14-12-13-33(36(37)15-18-50(41)42(51)34(24-46)23-43(5,6)7)26-49-20-19-48(29-45(49)16-17-45)27-38-39(52-10)21-35(22-40(38)53-11)44(8)28-47(9)25-31(3)32(44)4/h12-14,21-23,30,41H,15-20,25-29H2,1-11H3/b34-23+. The number of allylic oxidation sites excluding steroid dienone is 1. The predicted molar refractivity (Wildman–Crippen MR) is 213 cm³/mol. The molecule has 0 N–H and O–H groups in total. The molecule has 286 valence electrons. The van der Waals surface area contributed by atoms with E-state index < -0.39 is 0 Å². The molecule has 8 heteroatoms. The number of likely N-dealkylation sites (N-methyl/N-ethyl adjacent to an activating group) is 1. The highest BCUT2D eigenvalue weighted by atomic mass is 16.5. The lowest BCUT2D eigenvalue weighted by atomic mass is 9.72. The van der Waals surface area contributed by atoms with Gasteiger partial charge in [0.1, 0.15) is 23.1 Å². The van der Waals surface area contributed by atoms with Gasteiger partial charge in [-0.1, -0.05) is 77.0 Å². The number of nitriles is 1. The Balaban J connectivity index is 1.20. The lowest BCUT2D eigenvalue weighted by molar-refractivity contribution is -0.130. The van der Waals surface area contributed by atoms with Gasteiger partial charge in [-0.25, -0.2) is 0 Å². The zero-order chi connectivity index (χ0) is 38.5. The molecule has 6 rings (SSSR count). The molecule has 53 heavy (non-hydrogen) atoms. The van der Waals surface area contributed by atoms with Crippen molar-refractivity contribution in [1.29, 1.82) is 5.26 Å². The summed E-state index contributed by atoms with van der Waals surface area (Å²) in [6.07, 6.45) is 5.04. The number of hydrogen-bond donors (Lipinski definition) is 0. The summed E-state index contributed by atoms with van der Waals surface area (Å²) in [6, 6.07) is 13.4. The van der Waals surface area contributed by atoms with E-state index in [1.807, 2.05) is 31.7 Å². The molecule has 1 saturated carbocycles. The van der Waals surface area contributed by atoms with Crippen molar-refractivity contribution in [3.8, 4) is 17.6 Å². The van der Waals surface area contributed by atoms with Gasteiger partial charge in [0.15, 0.2) is 0 Å². The topological polar surface area (TPSA) is 72.3 Å². The van der Waals surface area contributed by atoms with Crippen LogP contribution in [-0.2, 0) is 29.7 Å². The third-order valence-electron chi connectivity index (χ3n) is 12.6. The van der Waals surface area contributed by atoms with Crippen LogP contribution in [0.25, 0.3) is 0 Å². The number of amides is 1. The third kappa shape index (κ3) is 7.68. The Bertz CT molecular complexity index is 1800. The number of ether oxygens (including phenoxy) is 2. The van der Waals surface area contributed by atoms with Crippen LogP contribution in [0.4, 0.5) is 0 Å². The SMILES string of the molecule is COc1cc(C2(C)CN(C)CC(C)=C2C)cc(OC)c1CN1CCN(Cc2cccc3c2CCN(C(=O)/C(C#N)=C/C(C)(C)C)C3C(C)C)C2(CC2)C1. The van der Waals surface area contributed by atoms with E-state index in [1.54, 1.807) is 14.2 Å². The molecule has 1 saturated heterocycles. The van der Waals surface area contributed by atoms with Gasteiger partial charge in [0.2, 0.25) is 0 Å². The van der Waals surface area contributed by atoms with E-state index in [4.69, 9.17) is 9.47 Å². The first-order valence-corrected chi connectivity index (χ1v) is 19.7. The van der Waals surface area contributed by atoms with E-state index in [0.717, 1.165) is 69.3 Å². The first kappa shape index (κ1) is 39.1. The van der Waals surface area contributed by atoms with Crippen LogP contribution in [0.1, 0.15) is 102 Å². The van der Waals surface area contributed by atoms with E-state index >= 15 is 0 Å². The van der Waals surface area contributed by atoms with Crippen LogP contribution in [-0.4, -0.2) is 91.6 Å². The summed E-state index contributed by atoms with van der Waals surface area (Å²) in [5.74, 6) is 1.89. The van der Waals surface area contributed by atoms with Crippen molar-refractivity contribution < 1.29 is 14.3 Å². The maximum absolute atomic E-state index is 13.8. The molecule has 1 amide bonds. The summed E-state index contributed by atoms with van der Waals surface area (Å²) in [4.78, 5) is 23.5. The van der Waals surface area contributed by atoms with Gasteiger partial charge in [0.25, 0.3) is 5.91 Å². The quantitative estimate of drug-likeness (QED) is 0.150. The maximum Gasteiger partial charge on any atom is 0.264 e. The highest BCUT2D eigenvalue weighted by Crippen LogP contribution is 2.48. The number of piperazine rings is 1. The number of nitrogens with zero attached hydrogens (tertiary/aromatic N) is 5. The summed E-state index contributed by atoms with van der Waals surface area (Å²) in [7, 11) is 5.78. The van der Waals surface area contributed by atoms with Gasteiger partial charge in [-0.2, -0.15) is 5.26 Å². The Labute approximate surface area is 319 Å². The summed E-state index contributed by atoms with van der Waals surface area (Å²) in [5.41, 5.74) is 9.31. The van der Waals surface area contributed by atoms with E-state index in [1.165, 1.54) is 46.2 Å². The molecule has 2 fully saturated rings. The summed E-state index contributed by atoms with van der Waals surface area (Å²) in [6.45, 7) is 24.7. The first-order valence-electron chi connectivity index (χ1n) is 19.7. The minimum Gasteiger partial charge on any atom is -0.496 e. The molecule has 1 spiro atoms. The highest BCUT2D eigenvalue weighted by Gasteiger charge is 2.51. The number of benzene rings is 2. The van der Waals surface area contributed by atoms with Crippen LogP contribution in [0.5, 0.6) is 11.5 Å². The van der Waals surface area contributed by atoms with E-state index in [-0.39, 0.29) is 39.8 Å². The van der Waals surface area contributed by atoms with Gasteiger partial charge in [0.05, 0.1) is 25.8 Å². The average molecular weight is 722 g/mol.